The van der Waals surface area contributed by atoms with Crippen molar-refractivity contribution in [3.8, 4) is 5.75 Å². The molecule has 2 N–H and O–H groups in total. The minimum absolute atomic E-state index is 0.216. The first-order valence-corrected chi connectivity index (χ1v) is 6.66. The molecule has 3 rings (SSSR count). The van der Waals surface area contributed by atoms with Gasteiger partial charge in [0.1, 0.15) is 6.61 Å². The number of thiazole rings is 1. The van der Waals surface area contributed by atoms with Gasteiger partial charge in [-0.05, 0) is 17.7 Å². The van der Waals surface area contributed by atoms with Crippen LogP contribution in [0, 0.1) is 5.82 Å². The van der Waals surface area contributed by atoms with Crippen LogP contribution in [0.1, 0.15) is 11.3 Å². The molecule has 0 saturated heterocycles. The molecule has 2 aromatic heterocycles. The molecular formula is C13H12FN3OS. The number of hydrogen-bond donors (Lipinski definition) is 1. The first-order valence-electron chi connectivity index (χ1n) is 5.78. The number of imidazole rings is 1. The third-order valence-electron chi connectivity index (χ3n) is 2.75. The zero-order chi connectivity index (χ0) is 13.2. The molecule has 19 heavy (non-hydrogen) atoms. The van der Waals surface area contributed by atoms with E-state index in [1.165, 1.54) is 6.07 Å². The number of benzene rings is 1. The third-order valence-corrected chi connectivity index (χ3v) is 3.52. The van der Waals surface area contributed by atoms with E-state index in [4.69, 9.17) is 10.5 Å². The van der Waals surface area contributed by atoms with E-state index in [9.17, 15) is 4.39 Å². The molecular weight excluding hydrogens is 265 g/mol. The summed E-state index contributed by atoms with van der Waals surface area (Å²) in [5.74, 6) is -0.183. The lowest BCUT2D eigenvalue weighted by atomic mass is 10.2. The van der Waals surface area contributed by atoms with Crippen LogP contribution in [-0.2, 0) is 13.2 Å². The summed E-state index contributed by atoms with van der Waals surface area (Å²) in [6.07, 6.45) is 3.80. The van der Waals surface area contributed by atoms with Gasteiger partial charge in [0.05, 0.1) is 5.69 Å². The lowest BCUT2D eigenvalue weighted by Gasteiger charge is -2.06. The number of nitrogens with two attached hydrogens (primary N) is 1. The summed E-state index contributed by atoms with van der Waals surface area (Å²) in [5, 5.41) is 1.96. The number of nitrogens with zero attached hydrogens (tertiary/aromatic N) is 2. The Balaban J connectivity index is 1.73. The zero-order valence-electron chi connectivity index (χ0n) is 10.0. The molecule has 6 heteroatoms. The molecule has 0 unspecified atom stereocenters. The summed E-state index contributed by atoms with van der Waals surface area (Å²) < 4.78 is 21.0. The molecule has 0 atom stereocenters. The van der Waals surface area contributed by atoms with Crippen molar-refractivity contribution >= 4 is 16.3 Å². The fourth-order valence-corrected chi connectivity index (χ4v) is 2.50. The Hall–Kier alpha value is -1.92. The van der Waals surface area contributed by atoms with Crippen molar-refractivity contribution in [2.75, 3.05) is 0 Å². The van der Waals surface area contributed by atoms with Crippen LogP contribution in [0.4, 0.5) is 4.39 Å². The van der Waals surface area contributed by atoms with Crippen LogP contribution < -0.4 is 10.5 Å². The number of rotatable bonds is 4. The molecule has 0 spiro atoms. The first-order chi connectivity index (χ1) is 9.26. The van der Waals surface area contributed by atoms with Gasteiger partial charge in [-0.15, -0.1) is 11.3 Å². The van der Waals surface area contributed by atoms with Crippen molar-refractivity contribution in [1.82, 2.24) is 9.38 Å². The molecule has 0 aliphatic carbocycles. The highest BCUT2D eigenvalue weighted by Gasteiger charge is 2.07. The Labute approximate surface area is 113 Å². The number of hydrogen-bond acceptors (Lipinski definition) is 4. The van der Waals surface area contributed by atoms with Crippen LogP contribution in [0.2, 0.25) is 0 Å². The van der Waals surface area contributed by atoms with E-state index in [-0.39, 0.29) is 12.4 Å². The second kappa shape index (κ2) is 4.99. The maximum Gasteiger partial charge on any atom is 0.193 e. The smallest absolute Gasteiger partial charge is 0.193 e. The van der Waals surface area contributed by atoms with Crippen molar-refractivity contribution in [1.29, 1.82) is 0 Å². The summed E-state index contributed by atoms with van der Waals surface area (Å²) in [7, 11) is 0. The van der Waals surface area contributed by atoms with Gasteiger partial charge >= 0.3 is 0 Å². The molecule has 0 aliphatic heterocycles. The summed E-state index contributed by atoms with van der Waals surface area (Å²) >= 11 is 1.55. The van der Waals surface area contributed by atoms with Crippen molar-refractivity contribution in [2.24, 2.45) is 5.73 Å². The fourth-order valence-electron chi connectivity index (χ4n) is 1.79. The molecule has 4 nitrogen and oxygen atoms in total. The van der Waals surface area contributed by atoms with Crippen LogP contribution in [0.25, 0.3) is 4.96 Å². The lowest BCUT2D eigenvalue weighted by Crippen LogP contribution is -2.00. The summed E-state index contributed by atoms with van der Waals surface area (Å²) in [6.45, 7) is 0.557. The normalized spacial score (nSPS) is 11.1. The number of fused-ring (bicyclic) bond motifs is 1. The van der Waals surface area contributed by atoms with Crippen molar-refractivity contribution in [3.63, 3.8) is 0 Å². The molecule has 0 radical (unpaired) electrons. The summed E-state index contributed by atoms with van der Waals surface area (Å²) in [6, 6.07) is 4.74. The first kappa shape index (κ1) is 12.1. The van der Waals surface area contributed by atoms with Crippen LogP contribution in [0.15, 0.2) is 36.0 Å². The SMILES string of the molecule is NCc1ccc(OCc2cn3ccsc3n2)c(F)c1. The number of ether oxygens (including phenoxy) is 1. The molecule has 0 fully saturated rings. The van der Waals surface area contributed by atoms with E-state index in [0.29, 0.717) is 6.54 Å². The predicted octanol–water partition coefficient (Wildman–Crippen LogP) is 2.57. The molecule has 1 aromatic carbocycles. The highest BCUT2D eigenvalue weighted by atomic mass is 32.1. The van der Waals surface area contributed by atoms with Gasteiger partial charge in [-0.1, -0.05) is 6.07 Å². The summed E-state index contributed by atoms with van der Waals surface area (Å²) in [5.41, 5.74) is 6.96. The maximum atomic E-state index is 13.7. The molecule has 0 aliphatic rings. The standard InChI is InChI=1S/C13H12FN3OS/c14-11-5-9(6-15)1-2-12(11)18-8-10-7-17-3-4-19-13(17)16-10/h1-5,7H,6,8,15H2. The molecule has 0 saturated carbocycles. The average molecular weight is 277 g/mol. The predicted molar refractivity (Wildman–Crippen MR) is 71.7 cm³/mol. The Morgan fingerprint density at radius 1 is 1.42 bits per heavy atom. The minimum atomic E-state index is -0.399. The van der Waals surface area contributed by atoms with E-state index < -0.39 is 5.82 Å². The quantitative estimate of drug-likeness (QED) is 0.797. The van der Waals surface area contributed by atoms with Crippen LogP contribution in [0.5, 0.6) is 5.75 Å². The average Bonchev–Trinajstić information content (AvgIpc) is 2.98. The van der Waals surface area contributed by atoms with E-state index in [1.807, 2.05) is 22.2 Å². The van der Waals surface area contributed by atoms with Gasteiger partial charge in [-0.2, -0.15) is 0 Å². The van der Waals surface area contributed by atoms with E-state index in [1.54, 1.807) is 23.5 Å². The van der Waals surface area contributed by atoms with E-state index in [2.05, 4.69) is 4.98 Å². The lowest BCUT2D eigenvalue weighted by molar-refractivity contribution is 0.286. The van der Waals surface area contributed by atoms with Gasteiger partial charge in [0.2, 0.25) is 0 Å². The summed E-state index contributed by atoms with van der Waals surface area (Å²) in [4.78, 5) is 5.27. The molecule has 0 amide bonds. The van der Waals surface area contributed by atoms with Gasteiger partial charge < -0.3 is 10.5 Å². The monoisotopic (exact) mass is 277 g/mol. The Morgan fingerprint density at radius 2 is 2.32 bits per heavy atom. The minimum Gasteiger partial charge on any atom is -0.484 e. The van der Waals surface area contributed by atoms with Gasteiger partial charge in [0.15, 0.2) is 16.5 Å². The topological polar surface area (TPSA) is 52.5 Å². The van der Waals surface area contributed by atoms with Crippen LogP contribution in [-0.4, -0.2) is 9.38 Å². The highest BCUT2D eigenvalue weighted by molar-refractivity contribution is 7.15. The van der Waals surface area contributed by atoms with Crippen molar-refractivity contribution < 1.29 is 9.13 Å². The van der Waals surface area contributed by atoms with Crippen LogP contribution >= 0.6 is 11.3 Å². The van der Waals surface area contributed by atoms with Gasteiger partial charge in [0.25, 0.3) is 0 Å². The van der Waals surface area contributed by atoms with Crippen LogP contribution in [0.3, 0.4) is 0 Å². The van der Waals surface area contributed by atoms with Crippen molar-refractivity contribution in [3.05, 3.63) is 53.0 Å². The zero-order valence-corrected chi connectivity index (χ0v) is 10.9. The molecule has 98 valence electrons. The van der Waals surface area contributed by atoms with Gasteiger partial charge in [0, 0.05) is 24.3 Å². The third kappa shape index (κ3) is 2.45. The van der Waals surface area contributed by atoms with E-state index in [0.717, 1.165) is 16.2 Å². The van der Waals surface area contributed by atoms with Gasteiger partial charge in [-0.25, -0.2) is 9.37 Å². The largest absolute Gasteiger partial charge is 0.484 e. The Kier molecular flexibility index (Phi) is 3.18. The molecule has 2 heterocycles. The number of aromatic nitrogens is 2. The van der Waals surface area contributed by atoms with E-state index >= 15 is 0 Å². The fraction of sp³-hybridized carbons (Fsp3) is 0.154. The highest BCUT2D eigenvalue weighted by Crippen LogP contribution is 2.20. The maximum absolute atomic E-state index is 13.7. The van der Waals surface area contributed by atoms with Crippen molar-refractivity contribution in [2.45, 2.75) is 13.2 Å². The molecule has 0 bridgehead atoms. The number of halogens is 1. The Bertz CT molecular complexity index is 678. The molecule has 3 aromatic rings. The second-order valence-corrected chi connectivity index (χ2v) is 4.96. The van der Waals surface area contributed by atoms with Gasteiger partial charge in [-0.3, -0.25) is 4.40 Å². The second-order valence-electron chi connectivity index (χ2n) is 4.08. The Morgan fingerprint density at radius 3 is 3.05 bits per heavy atom.